The molecule has 0 unspecified atom stereocenters. The zero-order chi connectivity index (χ0) is 18.7. The number of imide groups is 1. The third-order valence-electron chi connectivity index (χ3n) is 5.01. The van der Waals surface area contributed by atoms with Crippen LogP contribution < -0.4 is 15.1 Å². The number of benzene rings is 1. The summed E-state index contributed by atoms with van der Waals surface area (Å²) >= 11 is 0. The molecule has 2 fully saturated rings. The van der Waals surface area contributed by atoms with E-state index in [2.05, 4.69) is 10.2 Å². The molecule has 1 aromatic rings. The second-order valence-corrected chi connectivity index (χ2v) is 6.75. The van der Waals surface area contributed by atoms with Crippen LogP contribution in [0.1, 0.15) is 12.8 Å². The molecule has 1 atom stereocenters. The van der Waals surface area contributed by atoms with E-state index in [4.69, 9.17) is 5.11 Å². The molecular weight excluding hydrogens is 336 g/mol. The van der Waals surface area contributed by atoms with Crippen LogP contribution in [0, 0.1) is 0 Å². The van der Waals surface area contributed by atoms with Crippen LogP contribution >= 0.6 is 0 Å². The molecule has 2 aliphatic heterocycles. The van der Waals surface area contributed by atoms with Gasteiger partial charge in [-0.1, -0.05) is 6.07 Å². The van der Waals surface area contributed by atoms with Crippen molar-refractivity contribution < 1.29 is 19.5 Å². The first-order valence-corrected chi connectivity index (χ1v) is 8.80. The largest absolute Gasteiger partial charge is 0.480 e. The Morgan fingerprint density at radius 1 is 1.27 bits per heavy atom. The van der Waals surface area contributed by atoms with Gasteiger partial charge in [0.05, 0.1) is 6.54 Å². The highest BCUT2D eigenvalue weighted by molar-refractivity contribution is 6.01. The fourth-order valence-electron chi connectivity index (χ4n) is 3.50. The van der Waals surface area contributed by atoms with Crippen molar-refractivity contribution in [1.82, 2.24) is 10.2 Å². The number of rotatable bonds is 5. The summed E-state index contributed by atoms with van der Waals surface area (Å²) in [6, 6.07) is 7.62. The molecule has 2 saturated heterocycles. The molecule has 1 aromatic carbocycles. The van der Waals surface area contributed by atoms with E-state index in [9.17, 15) is 14.4 Å². The Labute approximate surface area is 152 Å². The van der Waals surface area contributed by atoms with Gasteiger partial charge >= 0.3 is 5.97 Å². The molecule has 8 heteroatoms. The smallest absolute Gasteiger partial charge is 0.317 e. The maximum atomic E-state index is 12.1. The van der Waals surface area contributed by atoms with Crippen LogP contribution in [0.4, 0.5) is 11.4 Å². The first-order chi connectivity index (χ1) is 12.4. The van der Waals surface area contributed by atoms with Crippen LogP contribution in [0.2, 0.25) is 0 Å². The minimum absolute atomic E-state index is 0.0755. The first kappa shape index (κ1) is 18.2. The molecule has 0 aliphatic carbocycles. The summed E-state index contributed by atoms with van der Waals surface area (Å²) in [5.74, 6) is -1.27. The van der Waals surface area contributed by atoms with E-state index in [1.807, 2.05) is 41.1 Å². The van der Waals surface area contributed by atoms with Gasteiger partial charge in [0.1, 0.15) is 6.04 Å². The molecule has 8 nitrogen and oxygen atoms in total. The van der Waals surface area contributed by atoms with E-state index in [1.165, 1.54) is 0 Å². The van der Waals surface area contributed by atoms with Gasteiger partial charge in [-0.05, 0) is 24.6 Å². The lowest BCUT2D eigenvalue weighted by Gasteiger charge is -2.36. The maximum absolute atomic E-state index is 12.1. The Balaban J connectivity index is 1.66. The highest BCUT2D eigenvalue weighted by Crippen LogP contribution is 2.26. The zero-order valence-electron chi connectivity index (χ0n) is 14.9. The number of hydrogen-bond donors (Lipinski definition) is 2. The van der Waals surface area contributed by atoms with Crippen molar-refractivity contribution in [2.24, 2.45) is 0 Å². The Hall–Kier alpha value is -2.61. The second kappa shape index (κ2) is 7.74. The Kier molecular flexibility index (Phi) is 5.41. The van der Waals surface area contributed by atoms with E-state index in [1.54, 1.807) is 0 Å². The summed E-state index contributed by atoms with van der Waals surface area (Å²) in [6.45, 7) is 3.02. The predicted octanol–water partition coefficient (Wildman–Crippen LogP) is 0.135. The molecule has 2 heterocycles. The van der Waals surface area contributed by atoms with Crippen molar-refractivity contribution in [2.45, 2.75) is 18.9 Å². The van der Waals surface area contributed by atoms with Gasteiger partial charge in [-0.2, -0.15) is 0 Å². The number of amides is 2. The predicted molar refractivity (Wildman–Crippen MR) is 97.3 cm³/mol. The quantitative estimate of drug-likeness (QED) is 0.721. The lowest BCUT2D eigenvalue weighted by atomic mass is 10.0. The van der Waals surface area contributed by atoms with E-state index >= 15 is 0 Å². The summed E-state index contributed by atoms with van der Waals surface area (Å²) in [5, 5.41) is 11.3. The molecule has 140 valence electrons. The summed E-state index contributed by atoms with van der Waals surface area (Å²) in [5.41, 5.74) is 1.97. The molecule has 0 saturated carbocycles. The molecular formula is C18H24N4O4. The van der Waals surface area contributed by atoms with Crippen LogP contribution in [-0.4, -0.2) is 73.6 Å². The van der Waals surface area contributed by atoms with Crippen LogP contribution in [-0.2, 0) is 14.4 Å². The number of nitrogens with zero attached hydrogens (tertiary/aromatic N) is 3. The fourth-order valence-corrected chi connectivity index (χ4v) is 3.50. The molecule has 0 radical (unpaired) electrons. The van der Waals surface area contributed by atoms with E-state index in [-0.39, 0.29) is 24.4 Å². The average molecular weight is 360 g/mol. The highest BCUT2D eigenvalue weighted by Gasteiger charge is 2.30. The van der Waals surface area contributed by atoms with E-state index in [0.29, 0.717) is 25.9 Å². The van der Waals surface area contributed by atoms with Gasteiger partial charge in [-0.15, -0.1) is 0 Å². The molecule has 2 amide bonds. The Morgan fingerprint density at radius 2 is 2.00 bits per heavy atom. The van der Waals surface area contributed by atoms with Crippen LogP contribution in [0.5, 0.6) is 0 Å². The standard InChI is InChI=1S/C18H24N4O4/c1-20(15-5-6-16(23)19-18(15)26)13-3-2-4-14(11-13)22-9-7-21(8-10-22)12-17(24)25/h2-4,11,15H,5-10,12H2,1H3,(H,24,25)(H,19,23,26)/t15-/m1/s1. The lowest BCUT2D eigenvalue weighted by molar-refractivity contribution is -0.138. The molecule has 0 spiro atoms. The van der Waals surface area contributed by atoms with Crippen LogP contribution in [0.15, 0.2) is 24.3 Å². The van der Waals surface area contributed by atoms with Gasteiger partial charge in [-0.25, -0.2) is 0 Å². The number of likely N-dealkylation sites (N-methyl/N-ethyl adjacent to an activating group) is 1. The minimum atomic E-state index is -0.800. The van der Waals surface area contributed by atoms with Gasteiger partial charge in [-0.3, -0.25) is 24.6 Å². The summed E-state index contributed by atoms with van der Waals surface area (Å²) < 4.78 is 0. The molecule has 3 rings (SSSR count). The molecule has 0 bridgehead atoms. The number of carbonyl (C=O) groups is 3. The Morgan fingerprint density at radius 3 is 2.65 bits per heavy atom. The van der Waals surface area contributed by atoms with Gasteiger partial charge in [0.15, 0.2) is 0 Å². The van der Waals surface area contributed by atoms with E-state index < -0.39 is 5.97 Å². The monoisotopic (exact) mass is 360 g/mol. The Bertz CT molecular complexity index is 700. The second-order valence-electron chi connectivity index (χ2n) is 6.75. The number of piperidine rings is 1. The van der Waals surface area contributed by atoms with Crippen molar-refractivity contribution in [3.8, 4) is 0 Å². The number of carbonyl (C=O) groups excluding carboxylic acids is 2. The van der Waals surface area contributed by atoms with Crippen LogP contribution in [0.3, 0.4) is 0 Å². The number of hydrogen-bond acceptors (Lipinski definition) is 6. The molecule has 0 aromatic heterocycles. The fraction of sp³-hybridized carbons (Fsp3) is 0.500. The van der Waals surface area contributed by atoms with Crippen molar-refractivity contribution in [2.75, 3.05) is 49.6 Å². The number of carboxylic acid groups (broad SMARTS) is 1. The van der Waals surface area contributed by atoms with Crippen molar-refractivity contribution in [3.05, 3.63) is 24.3 Å². The number of piperazine rings is 1. The normalized spacial score (nSPS) is 21.4. The van der Waals surface area contributed by atoms with Crippen molar-refractivity contribution in [1.29, 1.82) is 0 Å². The number of aliphatic carboxylic acids is 1. The van der Waals surface area contributed by atoms with Crippen molar-refractivity contribution >= 4 is 29.2 Å². The van der Waals surface area contributed by atoms with Gasteiger partial charge < -0.3 is 14.9 Å². The molecule has 2 aliphatic rings. The summed E-state index contributed by atoms with van der Waals surface area (Å²) in [4.78, 5) is 40.3. The van der Waals surface area contributed by atoms with Gasteiger partial charge in [0.2, 0.25) is 11.8 Å². The maximum Gasteiger partial charge on any atom is 0.317 e. The molecule has 26 heavy (non-hydrogen) atoms. The van der Waals surface area contributed by atoms with Crippen molar-refractivity contribution in [3.63, 3.8) is 0 Å². The minimum Gasteiger partial charge on any atom is -0.480 e. The third kappa shape index (κ3) is 4.13. The van der Waals surface area contributed by atoms with E-state index in [0.717, 1.165) is 24.5 Å². The topological polar surface area (TPSA) is 93.2 Å². The number of carboxylic acids is 1. The lowest BCUT2D eigenvalue weighted by Crippen LogP contribution is -2.51. The van der Waals surface area contributed by atoms with Gasteiger partial charge in [0, 0.05) is 51.0 Å². The SMILES string of the molecule is CN(c1cccc(N2CCN(CC(=O)O)CC2)c1)[C@@H]1CCC(=O)NC1=O. The highest BCUT2D eigenvalue weighted by atomic mass is 16.4. The summed E-state index contributed by atoms with van der Waals surface area (Å²) in [7, 11) is 1.87. The summed E-state index contributed by atoms with van der Waals surface area (Å²) in [6.07, 6.45) is 0.866. The number of nitrogens with one attached hydrogen (secondary N) is 1. The first-order valence-electron chi connectivity index (χ1n) is 8.80. The average Bonchev–Trinajstić information content (AvgIpc) is 2.61. The zero-order valence-corrected chi connectivity index (χ0v) is 14.9. The number of anilines is 2. The molecule has 2 N–H and O–H groups in total. The third-order valence-corrected chi connectivity index (χ3v) is 5.01. The van der Waals surface area contributed by atoms with Gasteiger partial charge in [0.25, 0.3) is 0 Å². The van der Waals surface area contributed by atoms with Crippen LogP contribution in [0.25, 0.3) is 0 Å².